The number of nitrogens with one attached hydrogen (secondary N) is 1. The molecule has 18 heavy (non-hydrogen) atoms. The number of fused-ring (bicyclic) bond motifs is 1. The van der Waals surface area contributed by atoms with Crippen LogP contribution in [0.2, 0.25) is 0 Å². The number of para-hydroxylation sites is 2. The van der Waals surface area contributed by atoms with Gasteiger partial charge in [0.1, 0.15) is 5.82 Å². The Bertz CT molecular complexity index is 519. The van der Waals surface area contributed by atoms with E-state index < -0.39 is 0 Å². The maximum Gasteiger partial charge on any atom is 0.126 e. The summed E-state index contributed by atoms with van der Waals surface area (Å²) in [4.78, 5) is 4.68. The van der Waals surface area contributed by atoms with E-state index in [-0.39, 0.29) is 12.1 Å². The second-order valence-corrected chi connectivity index (χ2v) is 4.68. The first-order valence-corrected chi connectivity index (χ1v) is 6.50. The van der Waals surface area contributed by atoms with Crippen molar-refractivity contribution >= 4 is 11.0 Å². The molecule has 2 aromatic rings. The lowest BCUT2D eigenvalue weighted by molar-refractivity contribution is 0.186. The first-order chi connectivity index (χ1) is 8.63. The molecule has 0 spiro atoms. The van der Waals surface area contributed by atoms with E-state index in [9.17, 15) is 5.11 Å². The van der Waals surface area contributed by atoms with Gasteiger partial charge in [0.2, 0.25) is 0 Å². The number of nitrogens with zero attached hydrogens (tertiary/aromatic N) is 2. The Morgan fingerprint density at radius 2 is 2.06 bits per heavy atom. The molecule has 2 unspecified atom stereocenters. The van der Waals surface area contributed by atoms with E-state index >= 15 is 0 Å². The summed E-state index contributed by atoms with van der Waals surface area (Å²) >= 11 is 0. The van der Waals surface area contributed by atoms with Crippen molar-refractivity contribution in [3.05, 3.63) is 30.1 Å². The van der Waals surface area contributed by atoms with Crippen LogP contribution in [0.15, 0.2) is 24.3 Å². The van der Waals surface area contributed by atoms with Crippen LogP contribution in [0.5, 0.6) is 0 Å². The third-order valence-corrected chi connectivity index (χ3v) is 3.11. The molecule has 98 valence electrons. The van der Waals surface area contributed by atoms with Gasteiger partial charge in [0.25, 0.3) is 0 Å². The second kappa shape index (κ2) is 5.50. The van der Waals surface area contributed by atoms with Gasteiger partial charge in [-0.2, -0.15) is 0 Å². The van der Waals surface area contributed by atoms with Crippen molar-refractivity contribution in [1.29, 1.82) is 0 Å². The van der Waals surface area contributed by atoms with Crippen molar-refractivity contribution in [2.24, 2.45) is 0 Å². The van der Waals surface area contributed by atoms with Gasteiger partial charge in [-0.15, -0.1) is 0 Å². The van der Waals surface area contributed by atoms with Crippen molar-refractivity contribution in [2.75, 3.05) is 6.54 Å². The van der Waals surface area contributed by atoms with E-state index in [1.54, 1.807) is 6.92 Å². The predicted molar refractivity (Wildman–Crippen MR) is 73.5 cm³/mol. The number of rotatable bonds is 5. The summed E-state index contributed by atoms with van der Waals surface area (Å²) < 4.78 is 2.22. The summed E-state index contributed by atoms with van der Waals surface area (Å²) in [5, 5.41) is 12.6. The number of hydrogen-bond acceptors (Lipinski definition) is 3. The molecule has 1 aromatic carbocycles. The van der Waals surface area contributed by atoms with E-state index in [4.69, 9.17) is 0 Å². The number of aliphatic hydroxyl groups is 1. The van der Waals surface area contributed by atoms with E-state index in [0.29, 0.717) is 6.54 Å². The Labute approximate surface area is 108 Å². The molecule has 1 aromatic heterocycles. The smallest absolute Gasteiger partial charge is 0.126 e. The van der Waals surface area contributed by atoms with E-state index in [2.05, 4.69) is 34.8 Å². The molecule has 4 nitrogen and oxygen atoms in total. The number of aromatic nitrogens is 2. The number of hydrogen-bond donors (Lipinski definition) is 2. The minimum atomic E-state index is -0.341. The first kappa shape index (κ1) is 13.1. The van der Waals surface area contributed by atoms with Crippen LogP contribution in [-0.2, 0) is 6.54 Å². The van der Waals surface area contributed by atoms with Crippen molar-refractivity contribution < 1.29 is 5.11 Å². The molecule has 0 aliphatic rings. The van der Waals surface area contributed by atoms with Crippen LogP contribution < -0.4 is 5.32 Å². The lowest BCUT2D eigenvalue weighted by Crippen LogP contribution is -2.28. The van der Waals surface area contributed by atoms with Crippen LogP contribution in [0.1, 0.15) is 32.6 Å². The largest absolute Gasteiger partial charge is 0.392 e. The topological polar surface area (TPSA) is 50.1 Å². The Kier molecular flexibility index (Phi) is 3.99. The van der Waals surface area contributed by atoms with Gasteiger partial charge in [0.05, 0.1) is 23.2 Å². The maximum absolute atomic E-state index is 9.32. The summed E-state index contributed by atoms with van der Waals surface area (Å²) in [6.07, 6.45) is -0.341. The number of aryl methyl sites for hydroxylation is 1. The van der Waals surface area contributed by atoms with Gasteiger partial charge in [-0.1, -0.05) is 12.1 Å². The van der Waals surface area contributed by atoms with Gasteiger partial charge in [-0.25, -0.2) is 4.98 Å². The van der Waals surface area contributed by atoms with Crippen molar-refractivity contribution in [2.45, 2.75) is 39.5 Å². The fourth-order valence-electron chi connectivity index (χ4n) is 2.20. The summed E-state index contributed by atoms with van der Waals surface area (Å²) in [5.41, 5.74) is 2.20. The van der Waals surface area contributed by atoms with Gasteiger partial charge in [0, 0.05) is 13.1 Å². The predicted octanol–water partition coefficient (Wildman–Crippen LogP) is 2.09. The average Bonchev–Trinajstić information content (AvgIpc) is 2.74. The normalized spacial score (nSPS) is 14.9. The third-order valence-electron chi connectivity index (χ3n) is 3.11. The zero-order chi connectivity index (χ0) is 13.1. The molecular formula is C14H21N3O. The molecule has 0 aliphatic carbocycles. The molecule has 0 saturated carbocycles. The van der Waals surface area contributed by atoms with E-state index in [0.717, 1.165) is 17.9 Å². The molecule has 0 aliphatic heterocycles. The Balaban J connectivity index is 2.31. The zero-order valence-electron chi connectivity index (χ0n) is 11.2. The molecule has 2 rings (SSSR count). The van der Waals surface area contributed by atoms with Crippen molar-refractivity contribution in [1.82, 2.24) is 14.9 Å². The Morgan fingerprint density at radius 1 is 1.33 bits per heavy atom. The highest BCUT2D eigenvalue weighted by Gasteiger charge is 2.15. The summed E-state index contributed by atoms with van der Waals surface area (Å²) in [6.45, 7) is 7.46. The van der Waals surface area contributed by atoms with Crippen LogP contribution >= 0.6 is 0 Å². The van der Waals surface area contributed by atoms with E-state index in [1.165, 1.54) is 5.52 Å². The van der Waals surface area contributed by atoms with Gasteiger partial charge in [-0.05, 0) is 32.9 Å². The Morgan fingerprint density at radius 3 is 2.72 bits per heavy atom. The molecule has 4 heteroatoms. The first-order valence-electron chi connectivity index (χ1n) is 6.50. The van der Waals surface area contributed by atoms with Gasteiger partial charge >= 0.3 is 0 Å². The lowest BCUT2D eigenvalue weighted by Gasteiger charge is -2.16. The zero-order valence-corrected chi connectivity index (χ0v) is 11.2. The number of aliphatic hydroxyl groups excluding tert-OH is 1. The molecule has 0 radical (unpaired) electrons. The van der Waals surface area contributed by atoms with Crippen LogP contribution in [0, 0.1) is 0 Å². The molecule has 0 bridgehead atoms. The minimum absolute atomic E-state index is 0.131. The molecule has 1 heterocycles. The monoisotopic (exact) mass is 247 g/mol. The minimum Gasteiger partial charge on any atom is -0.392 e. The summed E-state index contributed by atoms with van der Waals surface area (Å²) in [7, 11) is 0. The highest BCUT2D eigenvalue weighted by Crippen LogP contribution is 2.20. The van der Waals surface area contributed by atoms with Gasteiger partial charge < -0.3 is 15.0 Å². The van der Waals surface area contributed by atoms with Crippen LogP contribution in [0.25, 0.3) is 11.0 Å². The second-order valence-electron chi connectivity index (χ2n) is 4.68. The van der Waals surface area contributed by atoms with Crippen LogP contribution in [0.4, 0.5) is 0 Å². The highest BCUT2D eigenvalue weighted by atomic mass is 16.3. The fraction of sp³-hybridized carbons (Fsp3) is 0.500. The van der Waals surface area contributed by atoms with Crippen molar-refractivity contribution in [3.63, 3.8) is 0 Å². The number of benzene rings is 1. The Hall–Kier alpha value is -1.39. The molecule has 0 saturated heterocycles. The number of imidazole rings is 1. The standard InChI is InChI=1S/C14H21N3O/c1-4-17-13-8-6-5-7-12(13)16-14(17)11(3)15-9-10(2)18/h5-8,10-11,15,18H,4,9H2,1-3H3. The fourth-order valence-corrected chi connectivity index (χ4v) is 2.20. The molecular weight excluding hydrogens is 226 g/mol. The molecule has 2 N–H and O–H groups in total. The van der Waals surface area contributed by atoms with Crippen molar-refractivity contribution in [3.8, 4) is 0 Å². The van der Waals surface area contributed by atoms with Gasteiger partial charge in [-0.3, -0.25) is 0 Å². The quantitative estimate of drug-likeness (QED) is 0.850. The van der Waals surface area contributed by atoms with E-state index in [1.807, 2.05) is 18.2 Å². The summed E-state index contributed by atoms with van der Waals surface area (Å²) in [5.74, 6) is 1.03. The lowest BCUT2D eigenvalue weighted by atomic mass is 10.3. The van der Waals surface area contributed by atoms with Crippen LogP contribution in [0.3, 0.4) is 0 Å². The average molecular weight is 247 g/mol. The maximum atomic E-state index is 9.32. The SMILES string of the molecule is CCn1c(C(C)NCC(C)O)nc2ccccc21. The summed E-state index contributed by atoms with van der Waals surface area (Å²) in [6, 6.07) is 8.30. The highest BCUT2D eigenvalue weighted by molar-refractivity contribution is 5.76. The molecule has 0 fully saturated rings. The molecule has 0 amide bonds. The molecule has 2 atom stereocenters. The van der Waals surface area contributed by atoms with Gasteiger partial charge in [0.15, 0.2) is 0 Å². The van der Waals surface area contributed by atoms with Crippen LogP contribution in [-0.4, -0.2) is 27.3 Å². The third kappa shape index (κ3) is 2.54.